The average molecular weight is 873 g/mol. The van der Waals surface area contributed by atoms with Crippen LogP contribution < -0.4 is 43.4 Å². The van der Waals surface area contributed by atoms with Gasteiger partial charge in [-0.1, -0.05) is 77.9 Å². The molecule has 0 unspecified atom stereocenters. The highest BCUT2D eigenvalue weighted by atomic mass is 33.1. The van der Waals surface area contributed by atoms with Crippen LogP contribution >= 0.6 is 21.6 Å². The highest BCUT2D eigenvalue weighted by Crippen LogP contribution is 2.47. The first-order chi connectivity index (χ1) is 28.0. The first kappa shape index (κ1) is 49.0. The van der Waals surface area contributed by atoms with Gasteiger partial charge in [0.05, 0.1) is 12.6 Å². The van der Waals surface area contributed by atoms with Crippen molar-refractivity contribution in [2.45, 2.75) is 113 Å². The fraction of sp³-hybridized carbons (Fsp3) is 0.500. The lowest BCUT2D eigenvalue weighted by Gasteiger charge is -2.40. The minimum atomic E-state index is -1.51. The Kier molecular flexibility index (Phi) is 17.8. The highest BCUT2D eigenvalue weighted by molar-refractivity contribution is 8.77. The zero-order valence-electron chi connectivity index (χ0n) is 34.4. The van der Waals surface area contributed by atoms with Gasteiger partial charge in [-0.3, -0.25) is 38.4 Å². The molecule has 0 aliphatic carbocycles. The predicted octanol–water partition coefficient (Wildman–Crippen LogP) is 0.00320. The summed E-state index contributed by atoms with van der Waals surface area (Å²) in [5, 5.41) is 35.0. The number of amides is 7. The lowest BCUT2D eigenvalue weighted by atomic mass is 9.97. The number of aromatic hydroxyl groups is 1. The third-order valence-corrected chi connectivity index (χ3v) is 13.8. The predicted molar refractivity (Wildman–Crippen MR) is 227 cm³/mol. The molecule has 0 radical (unpaired) electrons. The largest absolute Gasteiger partial charge is 0.508 e. The molecule has 20 heteroatoms. The number of carboxylic acid groups (broad SMARTS) is 1. The number of primary amides is 1. The molecule has 7 amide bonds. The molecular formula is C40H56N8O10S2. The summed E-state index contributed by atoms with van der Waals surface area (Å²) in [6.07, 6.45) is -0.964. The van der Waals surface area contributed by atoms with Crippen molar-refractivity contribution in [3.05, 3.63) is 65.7 Å². The number of aliphatic carboxylic acids is 1. The molecule has 6 atom stereocenters. The van der Waals surface area contributed by atoms with Gasteiger partial charge in [0.25, 0.3) is 0 Å². The Bertz CT molecular complexity index is 1880. The molecule has 1 aliphatic rings. The van der Waals surface area contributed by atoms with E-state index in [1.165, 1.54) is 12.1 Å². The maximum absolute atomic E-state index is 14.5. The monoisotopic (exact) mass is 872 g/mol. The summed E-state index contributed by atoms with van der Waals surface area (Å²) in [5.74, 6) is -7.32. The molecule has 1 heterocycles. The molecule has 1 aliphatic heterocycles. The molecule has 1 fully saturated rings. The van der Waals surface area contributed by atoms with Crippen molar-refractivity contribution in [3.63, 3.8) is 0 Å². The van der Waals surface area contributed by atoms with Gasteiger partial charge in [0.15, 0.2) is 0 Å². The summed E-state index contributed by atoms with van der Waals surface area (Å²) in [6.45, 7) is 9.39. The van der Waals surface area contributed by atoms with Crippen molar-refractivity contribution >= 4 is 68.9 Å². The molecule has 18 nitrogen and oxygen atoms in total. The second kappa shape index (κ2) is 21.8. The van der Waals surface area contributed by atoms with E-state index in [-0.39, 0.29) is 18.6 Å². The SMILES string of the molecule is CC(C)[C@H](NC(=O)[C@H]1NC(=O)[C@H](CCC(=O)O)NC(=O)[C@H](Cc2ccccc2)NC(=O)[C@H](NC(=O)[C@@H](N)Cc2ccc(O)cc2)C(C)(C)SSC1(C)C)C(=O)NCC(N)=O. The number of phenols is 1. The van der Waals surface area contributed by atoms with Gasteiger partial charge in [-0.2, -0.15) is 0 Å². The smallest absolute Gasteiger partial charge is 0.303 e. The average Bonchev–Trinajstić information content (AvgIpc) is 3.17. The maximum atomic E-state index is 14.5. The Morgan fingerprint density at radius 3 is 1.97 bits per heavy atom. The molecule has 1 saturated heterocycles. The Hall–Kier alpha value is -5.34. The second-order valence-electron chi connectivity index (χ2n) is 15.9. The molecule has 2 aromatic carbocycles. The zero-order chi connectivity index (χ0) is 44.9. The number of phenolic OH excluding ortho intramolecular Hbond substituents is 1. The molecule has 12 N–H and O–H groups in total. The molecule has 2 aromatic rings. The van der Waals surface area contributed by atoms with Gasteiger partial charge in [-0.25, -0.2) is 0 Å². The number of nitrogens with two attached hydrogens (primary N) is 2. The summed E-state index contributed by atoms with van der Waals surface area (Å²) >= 11 is 0. The van der Waals surface area contributed by atoms with Crippen LogP contribution in [0.25, 0.3) is 0 Å². The van der Waals surface area contributed by atoms with Crippen LogP contribution in [-0.4, -0.2) is 110 Å². The van der Waals surface area contributed by atoms with Gasteiger partial charge in [-0.05, 0) is 69.7 Å². The lowest BCUT2D eigenvalue weighted by molar-refractivity contribution is -0.139. The number of carbonyl (C=O) groups is 8. The fourth-order valence-electron chi connectivity index (χ4n) is 6.07. The lowest BCUT2D eigenvalue weighted by Crippen LogP contribution is -2.65. The Balaban J connectivity index is 2.12. The normalized spacial score (nSPS) is 21.8. The Labute approximate surface area is 356 Å². The number of carbonyl (C=O) groups excluding carboxylic acids is 7. The standard InChI is InChI=1S/C40H56N8O10S2/c1-21(2)30(36(56)43-20-28(42)50)46-38(58)32-40(5,6)60-59-39(3,4)31(47-33(53)25(41)18-23-12-14-24(49)15-13-23)37(57)45-27(19-22-10-8-7-9-11-22)35(55)44-26(34(54)48-32)16-17-29(51)52/h7-15,21,25-27,30-32,49H,16-20,41H2,1-6H3,(H2,42,50)(H,43,56)(H,44,55)(H,45,57)(H,46,58)(H,47,53)(H,48,54)(H,51,52)/t25-,26-,27-,30-,31-,32+/m0/s1. The van der Waals surface area contributed by atoms with Crippen molar-refractivity contribution in [3.8, 4) is 5.75 Å². The fourth-order valence-corrected chi connectivity index (χ4v) is 8.89. The van der Waals surface area contributed by atoms with Gasteiger partial charge in [0, 0.05) is 22.3 Å². The van der Waals surface area contributed by atoms with Gasteiger partial charge < -0.3 is 53.6 Å². The Morgan fingerprint density at radius 1 is 0.800 bits per heavy atom. The third kappa shape index (κ3) is 14.7. The van der Waals surface area contributed by atoms with Crippen LogP contribution in [0.4, 0.5) is 0 Å². The van der Waals surface area contributed by atoms with Gasteiger partial charge in [0.1, 0.15) is 36.0 Å². The van der Waals surface area contributed by atoms with E-state index >= 15 is 0 Å². The van der Waals surface area contributed by atoms with Crippen LogP contribution in [0.2, 0.25) is 0 Å². The van der Waals surface area contributed by atoms with Crippen molar-refractivity contribution in [1.29, 1.82) is 0 Å². The molecular weight excluding hydrogens is 817 g/mol. The molecule has 0 spiro atoms. The van der Waals surface area contributed by atoms with E-state index in [0.717, 1.165) is 21.6 Å². The van der Waals surface area contributed by atoms with Gasteiger partial charge in [-0.15, -0.1) is 0 Å². The van der Waals surface area contributed by atoms with E-state index in [1.54, 1.807) is 84.0 Å². The number of rotatable bonds is 15. The maximum Gasteiger partial charge on any atom is 0.303 e. The molecule has 0 bridgehead atoms. The minimum Gasteiger partial charge on any atom is -0.508 e. The van der Waals surface area contributed by atoms with Crippen LogP contribution in [0.1, 0.15) is 65.5 Å². The summed E-state index contributed by atoms with van der Waals surface area (Å²) in [6, 6.07) is 6.77. The highest BCUT2D eigenvalue weighted by Gasteiger charge is 2.46. The molecule has 328 valence electrons. The van der Waals surface area contributed by atoms with E-state index in [1.807, 2.05) is 0 Å². The third-order valence-electron chi connectivity index (χ3n) is 9.57. The van der Waals surface area contributed by atoms with Gasteiger partial charge in [0.2, 0.25) is 41.4 Å². The second-order valence-corrected chi connectivity index (χ2v) is 19.3. The van der Waals surface area contributed by atoms with E-state index < -0.39 is 118 Å². The van der Waals surface area contributed by atoms with Crippen molar-refractivity contribution in [2.24, 2.45) is 17.4 Å². The number of hydrogen-bond donors (Lipinski definition) is 10. The van der Waals surface area contributed by atoms with Gasteiger partial charge >= 0.3 is 5.97 Å². The summed E-state index contributed by atoms with van der Waals surface area (Å²) in [4.78, 5) is 107. The van der Waals surface area contributed by atoms with Crippen molar-refractivity contribution in [1.82, 2.24) is 31.9 Å². The number of nitrogens with one attached hydrogen (secondary N) is 6. The molecule has 60 heavy (non-hydrogen) atoms. The number of benzene rings is 2. The van der Waals surface area contributed by atoms with Crippen molar-refractivity contribution < 1.29 is 48.6 Å². The van der Waals surface area contributed by atoms with Crippen LogP contribution in [0.15, 0.2) is 54.6 Å². The molecule has 0 saturated carbocycles. The topological polar surface area (TPSA) is 301 Å². The summed E-state index contributed by atoms with van der Waals surface area (Å²) in [7, 11) is 2.19. The first-order valence-corrected chi connectivity index (χ1v) is 21.4. The minimum absolute atomic E-state index is 0.0272. The first-order valence-electron chi connectivity index (χ1n) is 19.2. The summed E-state index contributed by atoms with van der Waals surface area (Å²) < 4.78 is -2.50. The molecule has 3 rings (SSSR count). The van der Waals surface area contributed by atoms with Crippen LogP contribution in [0.5, 0.6) is 5.75 Å². The van der Waals surface area contributed by atoms with E-state index in [4.69, 9.17) is 11.5 Å². The van der Waals surface area contributed by atoms with Crippen molar-refractivity contribution in [2.75, 3.05) is 6.54 Å². The molecule has 0 aromatic heterocycles. The van der Waals surface area contributed by atoms with Crippen LogP contribution in [0.3, 0.4) is 0 Å². The Morgan fingerprint density at radius 2 is 1.38 bits per heavy atom. The zero-order valence-corrected chi connectivity index (χ0v) is 36.0. The van der Waals surface area contributed by atoms with E-state index in [9.17, 15) is 48.6 Å². The quantitative estimate of drug-likeness (QED) is 0.106. The number of carboxylic acids is 1. The van der Waals surface area contributed by atoms with Crippen LogP contribution in [0, 0.1) is 5.92 Å². The summed E-state index contributed by atoms with van der Waals surface area (Å²) in [5.41, 5.74) is 12.8. The van der Waals surface area contributed by atoms with E-state index in [2.05, 4.69) is 31.9 Å². The number of hydrogen-bond acceptors (Lipinski definition) is 12. The van der Waals surface area contributed by atoms with Crippen LogP contribution in [-0.2, 0) is 51.2 Å². The van der Waals surface area contributed by atoms with E-state index in [0.29, 0.717) is 11.1 Å².